The first-order chi connectivity index (χ1) is 19.6. The van der Waals surface area contributed by atoms with Crippen LogP contribution in [0.2, 0.25) is 5.02 Å². The molecule has 1 fully saturated rings. The molecule has 224 valence electrons. The molecule has 0 saturated heterocycles. The minimum absolute atomic E-state index is 0.0404. The minimum atomic E-state index is -1.69. The molecule has 2 N–H and O–H groups in total. The van der Waals surface area contributed by atoms with Crippen LogP contribution in [0.25, 0.3) is 0 Å². The van der Waals surface area contributed by atoms with E-state index in [1.54, 1.807) is 20.8 Å². The number of hydrogen-bond donors (Lipinski definition) is 2. The standard InChI is InChI=1S/C29H30ClF3N4O5/c1-28(2,3)42-20(38)11-15-6-8-29(14-34,9-7-15)36-27(41)25(39)24-22(30)21(19-5-4-10-37(19)24)26(40)35-16-12-17(31)23(33)18(32)13-16/h12-13,15H,4-11H2,1-3H3,(H,35,40)(H,36,41). The lowest BCUT2D eigenvalue weighted by Crippen LogP contribution is -2.52. The fraction of sp³-hybridized carbons (Fsp3) is 0.483. The second kappa shape index (κ2) is 11.8. The topological polar surface area (TPSA) is 130 Å². The molecule has 1 aromatic heterocycles. The smallest absolute Gasteiger partial charge is 0.306 e. The van der Waals surface area contributed by atoms with Crippen molar-refractivity contribution in [1.29, 1.82) is 5.26 Å². The Hall–Kier alpha value is -3.85. The summed E-state index contributed by atoms with van der Waals surface area (Å²) in [7, 11) is 0. The summed E-state index contributed by atoms with van der Waals surface area (Å²) in [6.45, 7) is 5.60. The van der Waals surface area contributed by atoms with E-state index in [-0.39, 0.29) is 59.7 Å². The maximum Gasteiger partial charge on any atom is 0.306 e. The molecule has 2 amide bonds. The summed E-state index contributed by atoms with van der Waals surface area (Å²) >= 11 is 6.46. The predicted molar refractivity (Wildman–Crippen MR) is 145 cm³/mol. The number of amides is 2. The van der Waals surface area contributed by atoms with Crippen LogP contribution in [-0.4, -0.2) is 39.3 Å². The van der Waals surface area contributed by atoms with Gasteiger partial charge in [0, 0.05) is 36.5 Å². The van der Waals surface area contributed by atoms with Crippen LogP contribution in [-0.2, 0) is 27.3 Å². The van der Waals surface area contributed by atoms with E-state index >= 15 is 0 Å². The summed E-state index contributed by atoms with van der Waals surface area (Å²) in [6, 6.07) is 3.31. The molecule has 42 heavy (non-hydrogen) atoms. The average Bonchev–Trinajstić information content (AvgIpc) is 3.46. The Labute approximate surface area is 245 Å². The van der Waals surface area contributed by atoms with Crippen LogP contribution < -0.4 is 10.6 Å². The van der Waals surface area contributed by atoms with E-state index in [1.807, 2.05) is 0 Å². The molecule has 2 heterocycles. The average molecular weight is 607 g/mol. The highest BCUT2D eigenvalue weighted by molar-refractivity contribution is 6.48. The molecule has 9 nitrogen and oxygen atoms in total. The van der Waals surface area contributed by atoms with Gasteiger partial charge in [0.05, 0.1) is 16.7 Å². The molecule has 4 rings (SSSR count). The van der Waals surface area contributed by atoms with E-state index in [9.17, 15) is 37.6 Å². The second-order valence-corrected chi connectivity index (χ2v) is 12.0. The van der Waals surface area contributed by atoms with Gasteiger partial charge in [-0.3, -0.25) is 19.2 Å². The molecule has 1 aliphatic carbocycles. The first kappa shape index (κ1) is 31.1. The van der Waals surface area contributed by atoms with E-state index in [0.29, 0.717) is 43.5 Å². The Balaban J connectivity index is 1.49. The van der Waals surface area contributed by atoms with Gasteiger partial charge in [0.25, 0.3) is 17.6 Å². The monoisotopic (exact) mass is 606 g/mol. The van der Waals surface area contributed by atoms with Crippen LogP contribution in [0.4, 0.5) is 18.9 Å². The Morgan fingerprint density at radius 2 is 1.76 bits per heavy atom. The van der Waals surface area contributed by atoms with E-state index in [4.69, 9.17) is 16.3 Å². The fourth-order valence-corrected chi connectivity index (χ4v) is 5.84. The van der Waals surface area contributed by atoms with Crippen molar-refractivity contribution < 1.29 is 37.1 Å². The number of carbonyl (C=O) groups is 4. The lowest BCUT2D eigenvalue weighted by atomic mass is 9.76. The van der Waals surface area contributed by atoms with Gasteiger partial charge in [-0.15, -0.1) is 0 Å². The summed E-state index contributed by atoms with van der Waals surface area (Å²) in [4.78, 5) is 51.8. The third-order valence-corrected chi connectivity index (χ3v) is 7.77. The number of rotatable bonds is 7. The molecule has 0 bridgehead atoms. The summed E-state index contributed by atoms with van der Waals surface area (Å²) in [5.74, 6) is -8.11. The predicted octanol–water partition coefficient (Wildman–Crippen LogP) is 5.24. The second-order valence-electron chi connectivity index (χ2n) is 11.7. The zero-order valence-corrected chi connectivity index (χ0v) is 24.1. The highest BCUT2D eigenvalue weighted by Crippen LogP contribution is 2.36. The molecular formula is C29H30ClF3N4O5. The van der Waals surface area contributed by atoms with Crippen molar-refractivity contribution in [3.63, 3.8) is 0 Å². The van der Waals surface area contributed by atoms with Crippen molar-refractivity contribution in [2.24, 2.45) is 5.92 Å². The number of aromatic nitrogens is 1. The van der Waals surface area contributed by atoms with Crippen LogP contribution in [0, 0.1) is 34.7 Å². The van der Waals surface area contributed by atoms with Crippen molar-refractivity contribution in [3.05, 3.63) is 51.6 Å². The van der Waals surface area contributed by atoms with Gasteiger partial charge in [0.1, 0.15) is 16.8 Å². The van der Waals surface area contributed by atoms with Crippen molar-refractivity contribution in [2.75, 3.05) is 5.32 Å². The van der Waals surface area contributed by atoms with Crippen LogP contribution in [0.15, 0.2) is 12.1 Å². The first-order valence-corrected chi connectivity index (χ1v) is 13.9. The summed E-state index contributed by atoms with van der Waals surface area (Å²) in [5.41, 5.74) is -2.35. The summed E-state index contributed by atoms with van der Waals surface area (Å²) < 4.78 is 47.4. The molecule has 1 saturated carbocycles. The van der Waals surface area contributed by atoms with Gasteiger partial charge in [-0.25, -0.2) is 13.2 Å². The van der Waals surface area contributed by atoms with Gasteiger partial charge < -0.3 is 19.9 Å². The van der Waals surface area contributed by atoms with Crippen molar-refractivity contribution >= 4 is 40.9 Å². The van der Waals surface area contributed by atoms with Gasteiger partial charge in [-0.2, -0.15) is 5.26 Å². The van der Waals surface area contributed by atoms with Crippen molar-refractivity contribution in [2.45, 2.75) is 83.4 Å². The lowest BCUT2D eigenvalue weighted by molar-refractivity contribution is -0.156. The molecule has 2 aliphatic rings. The largest absolute Gasteiger partial charge is 0.460 e. The molecule has 13 heteroatoms. The Kier molecular flexibility index (Phi) is 8.73. The van der Waals surface area contributed by atoms with Gasteiger partial charge >= 0.3 is 5.97 Å². The molecule has 0 radical (unpaired) electrons. The number of Topliss-reactive ketones (excluding diaryl/α,β-unsaturated/α-hetero) is 1. The lowest BCUT2D eigenvalue weighted by Gasteiger charge is -2.35. The van der Waals surface area contributed by atoms with Gasteiger partial charge in [-0.05, 0) is 65.2 Å². The van der Waals surface area contributed by atoms with Crippen LogP contribution in [0.5, 0.6) is 0 Å². The number of esters is 1. The number of hydrogen-bond acceptors (Lipinski definition) is 6. The Bertz CT molecular complexity index is 1480. The number of anilines is 1. The van der Waals surface area contributed by atoms with Gasteiger partial charge in [-0.1, -0.05) is 11.6 Å². The van der Waals surface area contributed by atoms with Crippen molar-refractivity contribution in [3.8, 4) is 6.07 Å². The minimum Gasteiger partial charge on any atom is -0.460 e. The fourth-order valence-electron chi connectivity index (χ4n) is 5.46. The van der Waals surface area contributed by atoms with E-state index in [1.165, 1.54) is 4.57 Å². The van der Waals surface area contributed by atoms with Gasteiger partial charge in [0.15, 0.2) is 17.5 Å². The quantitative estimate of drug-likeness (QED) is 0.192. The molecule has 0 atom stereocenters. The zero-order chi connectivity index (χ0) is 31.0. The maximum atomic E-state index is 13.7. The highest BCUT2D eigenvalue weighted by atomic mass is 35.5. The Morgan fingerprint density at radius 1 is 1.14 bits per heavy atom. The summed E-state index contributed by atoms with van der Waals surface area (Å²) in [6.07, 6.45) is 2.40. The maximum absolute atomic E-state index is 13.7. The zero-order valence-electron chi connectivity index (χ0n) is 23.3. The van der Waals surface area contributed by atoms with Crippen molar-refractivity contribution in [1.82, 2.24) is 9.88 Å². The number of nitriles is 1. The third-order valence-electron chi connectivity index (χ3n) is 7.40. The van der Waals surface area contributed by atoms with E-state index in [0.717, 1.165) is 0 Å². The molecule has 0 spiro atoms. The van der Waals surface area contributed by atoms with Gasteiger partial charge in [0.2, 0.25) is 0 Å². The summed E-state index contributed by atoms with van der Waals surface area (Å²) in [5, 5.41) is 14.4. The van der Waals surface area contributed by atoms with E-state index < -0.39 is 46.2 Å². The normalized spacial score (nSPS) is 19.9. The van der Waals surface area contributed by atoms with E-state index in [2.05, 4.69) is 16.7 Å². The molecule has 1 aliphatic heterocycles. The molecule has 1 aromatic carbocycles. The number of ketones is 1. The molecule has 2 aromatic rings. The van der Waals surface area contributed by atoms with Crippen LogP contribution >= 0.6 is 11.6 Å². The number of halogens is 4. The number of fused-ring (bicyclic) bond motifs is 1. The highest BCUT2D eigenvalue weighted by Gasteiger charge is 2.41. The first-order valence-electron chi connectivity index (χ1n) is 13.5. The number of nitrogens with one attached hydrogen (secondary N) is 2. The number of nitrogens with zero attached hydrogens (tertiary/aromatic N) is 2. The molecule has 0 unspecified atom stereocenters. The SMILES string of the molecule is CC(C)(C)OC(=O)CC1CCC(C#N)(NC(=O)C(=O)c2c(Cl)c(C(=O)Nc3cc(F)c(F)c(F)c3)c3n2CCC3)CC1. The van der Waals surface area contributed by atoms with Crippen LogP contribution in [0.3, 0.4) is 0 Å². The Morgan fingerprint density at radius 3 is 2.33 bits per heavy atom. The van der Waals surface area contributed by atoms with Crippen LogP contribution in [0.1, 0.15) is 85.8 Å². The molecular weight excluding hydrogens is 577 g/mol. The number of ether oxygens (including phenoxy) is 1. The number of benzene rings is 1. The third kappa shape index (κ3) is 6.46. The number of carbonyl (C=O) groups excluding carboxylic acids is 4.